The fourth-order valence-electron chi connectivity index (χ4n) is 2.75. The summed E-state index contributed by atoms with van der Waals surface area (Å²) in [6, 6.07) is 11.0. The van der Waals surface area contributed by atoms with E-state index in [1.807, 2.05) is 42.7 Å². The van der Waals surface area contributed by atoms with E-state index in [1.54, 1.807) is 11.8 Å². The Morgan fingerprint density at radius 2 is 1.84 bits per heavy atom. The molecule has 0 aliphatic carbocycles. The topological polar surface area (TPSA) is 59.8 Å². The van der Waals surface area contributed by atoms with E-state index in [1.165, 1.54) is 5.56 Å². The van der Waals surface area contributed by atoms with E-state index in [0.29, 0.717) is 17.5 Å². The third-order valence-corrected chi connectivity index (χ3v) is 6.70. The minimum absolute atomic E-state index is 0.0310. The average Bonchev–Trinajstić information content (AvgIpc) is 3.14. The first kappa shape index (κ1) is 24.5. The smallest absolute Gasteiger partial charge is 0.324 e. The Morgan fingerprint density at radius 3 is 2.50 bits per heavy atom. The third kappa shape index (κ3) is 6.43. The highest BCUT2D eigenvalue weighted by atomic mass is 35.5. The number of alkyl halides is 3. The molecule has 1 N–H and O–H groups in total. The van der Waals surface area contributed by atoms with Crippen LogP contribution in [0.1, 0.15) is 23.9 Å². The number of nitrogens with one attached hydrogen (secondary N) is 1. The van der Waals surface area contributed by atoms with Gasteiger partial charge in [0, 0.05) is 11.4 Å². The normalized spacial score (nSPS) is 11.6. The molecular weight excluding hydrogens is 481 g/mol. The zero-order chi connectivity index (χ0) is 23.3. The Balaban J connectivity index is 1.61. The van der Waals surface area contributed by atoms with Gasteiger partial charge in [-0.05, 0) is 44.2 Å². The Kier molecular flexibility index (Phi) is 8.13. The molecule has 1 aromatic heterocycles. The van der Waals surface area contributed by atoms with Gasteiger partial charge in [-0.3, -0.25) is 4.79 Å². The molecule has 3 rings (SSSR count). The van der Waals surface area contributed by atoms with Gasteiger partial charge in [-0.25, -0.2) is 0 Å². The highest BCUT2D eigenvalue weighted by molar-refractivity contribution is 7.99. The van der Waals surface area contributed by atoms with E-state index in [-0.39, 0.29) is 16.5 Å². The van der Waals surface area contributed by atoms with Crippen molar-refractivity contribution >= 4 is 46.7 Å². The van der Waals surface area contributed by atoms with Crippen LogP contribution in [0.2, 0.25) is 5.02 Å². The number of carbonyl (C=O) groups is 1. The van der Waals surface area contributed by atoms with Crippen molar-refractivity contribution in [1.82, 2.24) is 14.8 Å². The predicted octanol–water partition coefficient (Wildman–Crippen LogP) is 6.30. The van der Waals surface area contributed by atoms with Crippen LogP contribution in [-0.2, 0) is 23.3 Å². The SMILES string of the molecule is CCn1c(CSc2ccc(C)cc2)nnc1SCC(=O)Nc1cc(C(F)(F)F)ccc1Cl. The number of thioether (sulfide) groups is 2. The van der Waals surface area contributed by atoms with Crippen molar-refractivity contribution in [3.8, 4) is 0 Å². The van der Waals surface area contributed by atoms with E-state index in [9.17, 15) is 18.0 Å². The zero-order valence-electron chi connectivity index (χ0n) is 17.2. The van der Waals surface area contributed by atoms with Gasteiger partial charge < -0.3 is 9.88 Å². The zero-order valence-corrected chi connectivity index (χ0v) is 19.6. The number of nitrogens with zero attached hydrogens (tertiary/aromatic N) is 3. The van der Waals surface area contributed by atoms with Crippen LogP contribution in [0.5, 0.6) is 0 Å². The van der Waals surface area contributed by atoms with E-state index in [2.05, 4.69) is 15.5 Å². The number of rotatable bonds is 8. The van der Waals surface area contributed by atoms with E-state index in [0.717, 1.165) is 40.7 Å². The molecular formula is C21H20ClF3N4OS2. The van der Waals surface area contributed by atoms with Crippen LogP contribution in [0, 0.1) is 6.92 Å². The number of amides is 1. The molecule has 0 aliphatic heterocycles. The van der Waals surface area contributed by atoms with Gasteiger partial charge in [-0.2, -0.15) is 13.2 Å². The maximum absolute atomic E-state index is 12.9. The first-order valence-corrected chi connectivity index (χ1v) is 11.9. The van der Waals surface area contributed by atoms with Crippen LogP contribution in [-0.4, -0.2) is 26.4 Å². The van der Waals surface area contributed by atoms with Gasteiger partial charge in [-0.1, -0.05) is 41.1 Å². The minimum Gasteiger partial charge on any atom is -0.324 e. The van der Waals surface area contributed by atoms with E-state index in [4.69, 9.17) is 11.6 Å². The molecule has 1 heterocycles. The molecule has 0 bridgehead atoms. The molecule has 0 unspecified atom stereocenters. The quantitative estimate of drug-likeness (QED) is 0.368. The highest BCUT2D eigenvalue weighted by Gasteiger charge is 2.31. The standard InChI is InChI=1S/C21H20ClF3N4OS2/c1-3-29-18(11-31-15-7-4-13(2)5-8-15)27-28-20(29)32-12-19(30)26-17-10-14(21(23,24)25)6-9-16(17)22/h4-10H,3,11-12H2,1-2H3,(H,26,30). The number of anilines is 1. The lowest BCUT2D eigenvalue weighted by Crippen LogP contribution is -2.16. The molecule has 0 spiro atoms. The maximum Gasteiger partial charge on any atom is 0.416 e. The fraction of sp³-hybridized carbons (Fsp3) is 0.286. The molecule has 1 amide bonds. The molecule has 0 fully saturated rings. The molecule has 3 aromatic rings. The number of aryl methyl sites for hydroxylation is 1. The Morgan fingerprint density at radius 1 is 1.12 bits per heavy atom. The second-order valence-electron chi connectivity index (χ2n) is 6.77. The second kappa shape index (κ2) is 10.6. The lowest BCUT2D eigenvalue weighted by Gasteiger charge is -2.12. The van der Waals surface area contributed by atoms with Gasteiger partial charge in [0.05, 0.1) is 27.8 Å². The summed E-state index contributed by atoms with van der Waals surface area (Å²) in [4.78, 5) is 13.4. The summed E-state index contributed by atoms with van der Waals surface area (Å²) in [6.45, 7) is 4.61. The van der Waals surface area contributed by atoms with Crippen LogP contribution in [0.25, 0.3) is 0 Å². The van der Waals surface area contributed by atoms with Crippen LogP contribution in [0.4, 0.5) is 18.9 Å². The minimum atomic E-state index is -4.52. The molecule has 0 radical (unpaired) electrons. The van der Waals surface area contributed by atoms with Gasteiger partial charge in [0.1, 0.15) is 5.82 Å². The summed E-state index contributed by atoms with van der Waals surface area (Å²) in [5.74, 6) is 0.867. The van der Waals surface area contributed by atoms with Crippen molar-refractivity contribution in [3.63, 3.8) is 0 Å². The van der Waals surface area contributed by atoms with Gasteiger partial charge in [-0.15, -0.1) is 22.0 Å². The molecule has 2 aromatic carbocycles. The number of halogens is 4. The van der Waals surface area contributed by atoms with Crippen molar-refractivity contribution in [2.75, 3.05) is 11.1 Å². The lowest BCUT2D eigenvalue weighted by atomic mass is 10.2. The largest absolute Gasteiger partial charge is 0.416 e. The van der Waals surface area contributed by atoms with Crippen molar-refractivity contribution in [2.24, 2.45) is 0 Å². The molecule has 0 aliphatic rings. The predicted molar refractivity (Wildman–Crippen MR) is 122 cm³/mol. The number of hydrogen-bond donors (Lipinski definition) is 1. The van der Waals surface area contributed by atoms with Gasteiger partial charge in [0.2, 0.25) is 5.91 Å². The summed E-state index contributed by atoms with van der Waals surface area (Å²) >= 11 is 8.73. The molecule has 170 valence electrons. The molecule has 32 heavy (non-hydrogen) atoms. The van der Waals surface area contributed by atoms with Crippen LogP contribution < -0.4 is 5.32 Å². The summed E-state index contributed by atoms with van der Waals surface area (Å²) in [7, 11) is 0. The summed E-state index contributed by atoms with van der Waals surface area (Å²) in [5, 5.41) is 11.4. The molecule has 0 saturated heterocycles. The first-order chi connectivity index (χ1) is 15.2. The fourth-order valence-corrected chi connectivity index (χ4v) is 4.57. The first-order valence-electron chi connectivity index (χ1n) is 9.58. The number of benzene rings is 2. The van der Waals surface area contributed by atoms with Crippen LogP contribution in [0.3, 0.4) is 0 Å². The Hall–Kier alpha value is -2.17. The van der Waals surface area contributed by atoms with Crippen molar-refractivity contribution in [1.29, 1.82) is 0 Å². The maximum atomic E-state index is 12.9. The van der Waals surface area contributed by atoms with Gasteiger partial charge in [0.15, 0.2) is 5.16 Å². The lowest BCUT2D eigenvalue weighted by molar-refractivity contribution is -0.137. The molecule has 5 nitrogen and oxygen atoms in total. The van der Waals surface area contributed by atoms with E-state index < -0.39 is 17.6 Å². The summed E-state index contributed by atoms with van der Waals surface area (Å²) in [6.07, 6.45) is -4.52. The van der Waals surface area contributed by atoms with Crippen molar-refractivity contribution < 1.29 is 18.0 Å². The molecule has 0 saturated carbocycles. The summed E-state index contributed by atoms with van der Waals surface area (Å²) in [5.41, 5.74) is 0.222. The number of hydrogen-bond acceptors (Lipinski definition) is 5. The Bertz CT molecular complexity index is 1090. The third-order valence-electron chi connectivity index (χ3n) is 4.40. The van der Waals surface area contributed by atoms with Crippen molar-refractivity contribution in [3.05, 3.63) is 64.4 Å². The molecule has 0 atom stereocenters. The van der Waals surface area contributed by atoms with Crippen LogP contribution in [0.15, 0.2) is 52.5 Å². The van der Waals surface area contributed by atoms with E-state index >= 15 is 0 Å². The van der Waals surface area contributed by atoms with Gasteiger partial charge in [0.25, 0.3) is 0 Å². The highest BCUT2D eigenvalue weighted by Crippen LogP contribution is 2.34. The Labute approximate surface area is 197 Å². The monoisotopic (exact) mass is 500 g/mol. The number of aromatic nitrogens is 3. The molecule has 11 heteroatoms. The number of carbonyl (C=O) groups excluding carboxylic acids is 1. The average molecular weight is 501 g/mol. The van der Waals surface area contributed by atoms with Gasteiger partial charge >= 0.3 is 6.18 Å². The summed E-state index contributed by atoms with van der Waals surface area (Å²) < 4.78 is 40.6. The van der Waals surface area contributed by atoms with Crippen LogP contribution >= 0.6 is 35.1 Å². The second-order valence-corrected chi connectivity index (χ2v) is 9.17. The van der Waals surface area contributed by atoms with Crippen molar-refractivity contribution in [2.45, 2.75) is 42.4 Å².